The van der Waals surface area contributed by atoms with Crippen LogP contribution in [-0.4, -0.2) is 37.7 Å². The smallest absolute Gasteiger partial charge is 0.357 e. The number of rotatable bonds is 9. The van der Waals surface area contributed by atoms with Crippen LogP contribution in [0.1, 0.15) is 38.9 Å². The number of carbonyl (C=O) groups is 3. The van der Waals surface area contributed by atoms with Gasteiger partial charge in [0.2, 0.25) is 5.91 Å². The summed E-state index contributed by atoms with van der Waals surface area (Å²) in [6.07, 6.45) is 1.65. The van der Waals surface area contributed by atoms with Crippen LogP contribution in [0.3, 0.4) is 0 Å². The van der Waals surface area contributed by atoms with Gasteiger partial charge in [0, 0.05) is 19.7 Å². The van der Waals surface area contributed by atoms with Crippen molar-refractivity contribution in [3.05, 3.63) is 95.3 Å². The molecule has 0 fully saturated rings. The Hall–Kier alpha value is -4.05. The van der Waals surface area contributed by atoms with E-state index in [9.17, 15) is 22.8 Å². The fourth-order valence-corrected chi connectivity index (χ4v) is 3.88. The summed E-state index contributed by atoms with van der Waals surface area (Å²) < 4.78 is 32.2. The number of amides is 2. The number of benzene rings is 2. The van der Waals surface area contributed by atoms with Crippen LogP contribution in [0.2, 0.25) is 0 Å². The first-order chi connectivity index (χ1) is 16.2. The summed E-state index contributed by atoms with van der Waals surface area (Å²) in [5.41, 5.74) is 1.61. The maximum atomic E-state index is 12.5. The average Bonchev–Trinajstić information content (AvgIpc) is 2.83. The second-order valence-corrected chi connectivity index (χ2v) is 8.99. The van der Waals surface area contributed by atoms with Gasteiger partial charge in [-0.05, 0) is 41.8 Å². The third-order valence-corrected chi connectivity index (χ3v) is 6.04. The maximum absolute atomic E-state index is 12.5. The van der Waals surface area contributed by atoms with Crippen LogP contribution in [-0.2, 0) is 32.6 Å². The molecule has 0 aliphatic carbocycles. The van der Waals surface area contributed by atoms with Gasteiger partial charge < -0.3 is 10.1 Å². The molecule has 0 unspecified atom stereocenters. The molecular weight excluding hydrogens is 458 g/mol. The SMILES string of the molecule is CC(=O)NCCc1ccc(S(=O)(=O)NC(=O)c2ccc(C(=O)OCc3ccccc3)nc2)cc1. The molecule has 2 N–H and O–H groups in total. The third kappa shape index (κ3) is 6.97. The lowest BCUT2D eigenvalue weighted by Crippen LogP contribution is -2.30. The first kappa shape index (κ1) is 24.6. The van der Waals surface area contributed by atoms with Gasteiger partial charge in [-0.15, -0.1) is 0 Å². The molecule has 0 aliphatic heterocycles. The summed E-state index contributed by atoms with van der Waals surface area (Å²) in [5, 5.41) is 2.66. The zero-order valence-electron chi connectivity index (χ0n) is 18.4. The number of hydrogen-bond donors (Lipinski definition) is 2. The zero-order valence-corrected chi connectivity index (χ0v) is 19.2. The molecule has 176 valence electrons. The average molecular weight is 482 g/mol. The van der Waals surface area contributed by atoms with E-state index in [0.717, 1.165) is 17.3 Å². The first-order valence-corrected chi connectivity index (χ1v) is 11.8. The molecule has 0 atom stereocenters. The van der Waals surface area contributed by atoms with E-state index in [-0.39, 0.29) is 28.7 Å². The van der Waals surface area contributed by atoms with Gasteiger partial charge in [-0.3, -0.25) is 9.59 Å². The summed E-state index contributed by atoms with van der Waals surface area (Å²) in [6.45, 7) is 1.92. The van der Waals surface area contributed by atoms with Gasteiger partial charge in [0.15, 0.2) is 0 Å². The van der Waals surface area contributed by atoms with Crippen LogP contribution in [0.5, 0.6) is 0 Å². The van der Waals surface area contributed by atoms with E-state index in [1.54, 1.807) is 12.1 Å². The van der Waals surface area contributed by atoms with Crippen LogP contribution >= 0.6 is 0 Å². The van der Waals surface area contributed by atoms with E-state index in [1.165, 1.54) is 31.2 Å². The Balaban J connectivity index is 1.57. The lowest BCUT2D eigenvalue weighted by molar-refractivity contribution is -0.118. The second-order valence-electron chi connectivity index (χ2n) is 7.31. The molecule has 0 bridgehead atoms. The molecule has 0 aliphatic rings. The molecule has 2 aromatic carbocycles. The number of sulfonamides is 1. The summed E-state index contributed by atoms with van der Waals surface area (Å²) in [7, 11) is -4.11. The molecule has 0 spiro atoms. The van der Waals surface area contributed by atoms with Crippen molar-refractivity contribution in [3.63, 3.8) is 0 Å². The van der Waals surface area contributed by atoms with Gasteiger partial charge in [-0.1, -0.05) is 42.5 Å². The fraction of sp³-hybridized carbons (Fsp3) is 0.167. The van der Waals surface area contributed by atoms with E-state index in [4.69, 9.17) is 4.74 Å². The number of aromatic nitrogens is 1. The zero-order chi connectivity index (χ0) is 24.6. The number of hydrogen-bond acceptors (Lipinski definition) is 7. The number of nitrogens with zero attached hydrogens (tertiary/aromatic N) is 1. The number of pyridine rings is 1. The summed E-state index contributed by atoms with van der Waals surface area (Å²) in [5.74, 6) is -1.69. The number of carbonyl (C=O) groups excluding carboxylic acids is 3. The Morgan fingerprint density at radius 2 is 1.62 bits per heavy atom. The van der Waals surface area contributed by atoms with Crippen molar-refractivity contribution < 1.29 is 27.5 Å². The molecule has 34 heavy (non-hydrogen) atoms. The van der Waals surface area contributed by atoms with Gasteiger partial charge in [0.25, 0.3) is 15.9 Å². The second kappa shape index (κ2) is 11.2. The molecule has 2 amide bonds. The number of ether oxygens (including phenoxy) is 1. The normalized spacial score (nSPS) is 10.9. The maximum Gasteiger partial charge on any atom is 0.357 e. The topological polar surface area (TPSA) is 132 Å². The minimum atomic E-state index is -4.11. The third-order valence-electron chi connectivity index (χ3n) is 4.70. The van der Waals surface area contributed by atoms with Crippen LogP contribution in [0.25, 0.3) is 0 Å². The molecule has 3 aromatic rings. The molecule has 1 aromatic heterocycles. The van der Waals surface area contributed by atoms with Crippen molar-refractivity contribution >= 4 is 27.8 Å². The fourth-order valence-electron chi connectivity index (χ4n) is 2.90. The predicted octanol–water partition coefficient (Wildman–Crippen LogP) is 2.24. The van der Waals surface area contributed by atoms with Crippen LogP contribution in [0.15, 0.2) is 77.8 Å². The Morgan fingerprint density at radius 3 is 2.24 bits per heavy atom. The van der Waals surface area contributed by atoms with Crippen molar-refractivity contribution in [2.75, 3.05) is 6.54 Å². The molecular formula is C24H23N3O6S. The lowest BCUT2D eigenvalue weighted by atomic mass is 10.1. The van der Waals surface area contributed by atoms with E-state index in [0.29, 0.717) is 13.0 Å². The molecule has 0 saturated carbocycles. The predicted molar refractivity (Wildman–Crippen MR) is 123 cm³/mol. The van der Waals surface area contributed by atoms with E-state index < -0.39 is 21.9 Å². The highest BCUT2D eigenvalue weighted by Gasteiger charge is 2.19. The Morgan fingerprint density at radius 1 is 0.912 bits per heavy atom. The minimum Gasteiger partial charge on any atom is -0.456 e. The lowest BCUT2D eigenvalue weighted by Gasteiger charge is -2.09. The molecule has 1 heterocycles. The Kier molecular flexibility index (Phi) is 8.10. The van der Waals surface area contributed by atoms with Crippen LogP contribution < -0.4 is 10.0 Å². The Labute approximate surface area is 197 Å². The monoisotopic (exact) mass is 481 g/mol. The van der Waals surface area contributed by atoms with Crippen molar-refractivity contribution in [3.8, 4) is 0 Å². The largest absolute Gasteiger partial charge is 0.456 e. The number of esters is 1. The van der Waals surface area contributed by atoms with E-state index >= 15 is 0 Å². The van der Waals surface area contributed by atoms with E-state index in [1.807, 2.05) is 35.1 Å². The van der Waals surface area contributed by atoms with Crippen molar-refractivity contribution in [2.45, 2.75) is 24.8 Å². The summed E-state index contributed by atoms with van der Waals surface area (Å²) in [6, 6.07) is 17.7. The summed E-state index contributed by atoms with van der Waals surface area (Å²) >= 11 is 0. The highest BCUT2D eigenvalue weighted by Crippen LogP contribution is 2.12. The Bertz CT molecular complexity index is 1260. The quantitative estimate of drug-likeness (QED) is 0.448. The van der Waals surface area contributed by atoms with Crippen molar-refractivity contribution in [2.24, 2.45) is 0 Å². The van der Waals surface area contributed by atoms with Gasteiger partial charge in [0.1, 0.15) is 12.3 Å². The molecule has 3 rings (SSSR count). The molecule has 0 saturated heterocycles. The van der Waals surface area contributed by atoms with Crippen molar-refractivity contribution in [1.82, 2.24) is 15.0 Å². The van der Waals surface area contributed by atoms with E-state index in [2.05, 4.69) is 10.3 Å². The molecule has 9 nitrogen and oxygen atoms in total. The first-order valence-electron chi connectivity index (χ1n) is 10.3. The van der Waals surface area contributed by atoms with Gasteiger partial charge in [-0.2, -0.15) is 0 Å². The van der Waals surface area contributed by atoms with Crippen LogP contribution in [0, 0.1) is 0 Å². The van der Waals surface area contributed by atoms with Gasteiger partial charge in [0.05, 0.1) is 10.5 Å². The molecule has 0 radical (unpaired) electrons. The van der Waals surface area contributed by atoms with Gasteiger partial charge >= 0.3 is 5.97 Å². The molecule has 10 heteroatoms. The minimum absolute atomic E-state index is 0.00908. The standard InChI is InChI=1S/C24H23N3O6S/c1-17(28)25-14-13-18-7-10-21(11-8-18)34(31,32)27-23(29)20-9-12-22(26-15-20)24(30)33-16-19-5-3-2-4-6-19/h2-12,15H,13-14,16H2,1H3,(H,25,28)(H,27,29). The van der Waals surface area contributed by atoms with Crippen LogP contribution in [0.4, 0.5) is 0 Å². The highest BCUT2D eigenvalue weighted by molar-refractivity contribution is 7.90. The van der Waals surface area contributed by atoms with Crippen molar-refractivity contribution in [1.29, 1.82) is 0 Å². The van der Waals surface area contributed by atoms with Gasteiger partial charge in [-0.25, -0.2) is 22.9 Å². The number of nitrogens with one attached hydrogen (secondary N) is 2. The highest BCUT2D eigenvalue weighted by atomic mass is 32.2. The summed E-state index contributed by atoms with van der Waals surface area (Å²) in [4.78, 5) is 39.3.